The van der Waals surface area contributed by atoms with Crippen LogP contribution in [0.5, 0.6) is 0 Å². The highest BCUT2D eigenvalue weighted by molar-refractivity contribution is 5.92. The van der Waals surface area contributed by atoms with Gasteiger partial charge in [0.2, 0.25) is 5.91 Å². The number of likely N-dealkylation sites (tertiary alicyclic amines) is 1. The highest BCUT2D eigenvalue weighted by Crippen LogP contribution is 2.59. The minimum atomic E-state index is -0.853. The fourth-order valence-corrected chi connectivity index (χ4v) is 3.79. The Balaban J connectivity index is 1.81. The standard InChI is InChI=1S/C17H21NO3/c1-17(2)13(14(17)16(20)21)15(19)18-10-6-9-12(18)11-7-4-3-5-8-11/h3-5,7-8,12-14H,6,9-10H2,1-2H3,(H,20,21). The Hall–Kier alpha value is -1.84. The second-order valence-corrected chi connectivity index (χ2v) is 6.72. The molecule has 4 nitrogen and oxygen atoms in total. The summed E-state index contributed by atoms with van der Waals surface area (Å²) in [6.45, 7) is 4.49. The van der Waals surface area contributed by atoms with Crippen LogP contribution in [0.25, 0.3) is 0 Å². The van der Waals surface area contributed by atoms with Crippen molar-refractivity contribution in [3.05, 3.63) is 35.9 Å². The molecule has 3 rings (SSSR count). The monoisotopic (exact) mass is 287 g/mol. The van der Waals surface area contributed by atoms with Crippen LogP contribution in [0.15, 0.2) is 30.3 Å². The molecule has 2 aliphatic rings. The number of carbonyl (C=O) groups is 2. The first-order valence-corrected chi connectivity index (χ1v) is 7.53. The summed E-state index contributed by atoms with van der Waals surface area (Å²) in [5.74, 6) is -1.76. The largest absolute Gasteiger partial charge is 0.481 e. The van der Waals surface area contributed by atoms with Gasteiger partial charge in [0, 0.05) is 6.54 Å². The highest BCUT2D eigenvalue weighted by Gasteiger charge is 2.67. The molecule has 1 aromatic carbocycles. The molecule has 0 bridgehead atoms. The van der Waals surface area contributed by atoms with Crippen LogP contribution in [0.1, 0.15) is 38.3 Å². The SMILES string of the molecule is CC1(C)C(C(=O)O)C1C(=O)N1CCCC1c1ccccc1. The van der Waals surface area contributed by atoms with Crippen molar-refractivity contribution in [3.8, 4) is 0 Å². The molecule has 1 saturated heterocycles. The summed E-state index contributed by atoms with van der Waals surface area (Å²) in [5, 5.41) is 9.26. The topological polar surface area (TPSA) is 57.6 Å². The van der Waals surface area contributed by atoms with E-state index in [2.05, 4.69) is 0 Å². The number of carboxylic acid groups (broad SMARTS) is 1. The summed E-state index contributed by atoms with van der Waals surface area (Å²) < 4.78 is 0. The molecule has 0 aromatic heterocycles. The van der Waals surface area contributed by atoms with E-state index in [9.17, 15) is 14.7 Å². The van der Waals surface area contributed by atoms with Gasteiger partial charge >= 0.3 is 5.97 Å². The van der Waals surface area contributed by atoms with Crippen LogP contribution in [0.2, 0.25) is 0 Å². The van der Waals surface area contributed by atoms with Gasteiger partial charge in [0.05, 0.1) is 17.9 Å². The highest BCUT2D eigenvalue weighted by atomic mass is 16.4. The third kappa shape index (κ3) is 2.23. The predicted octanol–water partition coefficient (Wildman–Crippen LogP) is 2.71. The normalized spacial score (nSPS) is 30.2. The van der Waals surface area contributed by atoms with Crippen LogP contribution in [-0.2, 0) is 9.59 Å². The van der Waals surface area contributed by atoms with Crippen molar-refractivity contribution >= 4 is 11.9 Å². The second kappa shape index (κ2) is 4.86. The zero-order valence-electron chi connectivity index (χ0n) is 12.5. The Bertz CT molecular complexity index is 567. The molecule has 1 amide bonds. The van der Waals surface area contributed by atoms with Crippen LogP contribution in [0, 0.1) is 17.3 Å². The van der Waals surface area contributed by atoms with Gasteiger partial charge in [-0.05, 0) is 23.8 Å². The number of carbonyl (C=O) groups excluding carboxylic acids is 1. The molecule has 1 saturated carbocycles. The van der Waals surface area contributed by atoms with Crippen molar-refractivity contribution in [1.82, 2.24) is 4.90 Å². The average Bonchev–Trinajstić information content (AvgIpc) is 2.84. The number of hydrogen-bond acceptors (Lipinski definition) is 2. The third-order valence-electron chi connectivity index (χ3n) is 5.08. The number of hydrogen-bond donors (Lipinski definition) is 1. The molecule has 1 aromatic rings. The summed E-state index contributed by atoms with van der Waals surface area (Å²) >= 11 is 0. The van der Waals surface area contributed by atoms with Gasteiger partial charge in [-0.25, -0.2) is 0 Å². The summed E-state index contributed by atoms with van der Waals surface area (Å²) in [4.78, 5) is 26.0. The molecule has 0 radical (unpaired) electrons. The van der Waals surface area contributed by atoms with Crippen molar-refractivity contribution in [2.24, 2.45) is 17.3 Å². The average molecular weight is 287 g/mol. The van der Waals surface area contributed by atoms with E-state index < -0.39 is 17.3 Å². The van der Waals surface area contributed by atoms with Gasteiger partial charge in [0.15, 0.2) is 0 Å². The Kier molecular flexibility index (Phi) is 3.27. The van der Waals surface area contributed by atoms with E-state index >= 15 is 0 Å². The summed E-state index contributed by atoms with van der Waals surface area (Å²) in [5.41, 5.74) is 0.723. The zero-order chi connectivity index (χ0) is 15.2. The summed E-state index contributed by atoms with van der Waals surface area (Å²) in [7, 11) is 0. The van der Waals surface area contributed by atoms with Gasteiger partial charge in [-0.1, -0.05) is 44.2 Å². The lowest BCUT2D eigenvalue weighted by Crippen LogP contribution is -2.33. The van der Waals surface area contributed by atoms with Gasteiger partial charge in [-0.3, -0.25) is 9.59 Å². The number of rotatable bonds is 3. The lowest BCUT2D eigenvalue weighted by Gasteiger charge is -2.26. The maximum absolute atomic E-state index is 12.8. The molecule has 1 N–H and O–H groups in total. The van der Waals surface area contributed by atoms with Gasteiger partial charge in [-0.15, -0.1) is 0 Å². The van der Waals surface area contributed by atoms with E-state index in [0.717, 1.165) is 24.9 Å². The Morgan fingerprint density at radius 2 is 1.86 bits per heavy atom. The van der Waals surface area contributed by atoms with E-state index in [0.29, 0.717) is 0 Å². The fraction of sp³-hybridized carbons (Fsp3) is 0.529. The van der Waals surface area contributed by atoms with Gasteiger partial charge in [0.25, 0.3) is 0 Å². The smallest absolute Gasteiger partial charge is 0.307 e. The molecule has 1 heterocycles. The first kappa shape index (κ1) is 14.1. The molecule has 21 heavy (non-hydrogen) atoms. The molecule has 4 heteroatoms. The fourth-order valence-electron chi connectivity index (χ4n) is 3.79. The quantitative estimate of drug-likeness (QED) is 0.930. The minimum absolute atomic E-state index is 0.0127. The summed E-state index contributed by atoms with van der Waals surface area (Å²) in [6.07, 6.45) is 1.94. The Labute approximate surface area is 124 Å². The molecule has 1 aliphatic carbocycles. The number of benzene rings is 1. The molecule has 112 valence electrons. The van der Waals surface area contributed by atoms with Crippen molar-refractivity contribution < 1.29 is 14.7 Å². The third-order valence-corrected chi connectivity index (χ3v) is 5.08. The van der Waals surface area contributed by atoms with E-state index in [1.165, 1.54) is 0 Å². The molecule has 3 unspecified atom stereocenters. The van der Waals surface area contributed by atoms with Gasteiger partial charge in [0.1, 0.15) is 0 Å². The van der Waals surface area contributed by atoms with Crippen LogP contribution in [0.4, 0.5) is 0 Å². The van der Waals surface area contributed by atoms with Crippen LogP contribution in [-0.4, -0.2) is 28.4 Å². The van der Waals surface area contributed by atoms with Crippen LogP contribution < -0.4 is 0 Å². The van der Waals surface area contributed by atoms with Crippen molar-refractivity contribution in [2.45, 2.75) is 32.7 Å². The molecule has 0 spiro atoms. The van der Waals surface area contributed by atoms with Crippen molar-refractivity contribution in [2.75, 3.05) is 6.54 Å². The van der Waals surface area contributed by atoms with Crippen LogP contribution in [0.3, 0.4) is 0 Å². The van der Waals surface area contributed by atoms with Gasteiger partial charge in [-0.2, -0.15) is 0 Å². The second-order valence-electron chi connectivity index (χ2n) is 6.72. The molecular formula is C17H21NO3. The Morgan fingerprint density at radius 1 is 1.19 bits per heavy atom. The lowest BCUT2D eigenvalue weighted by atomic mass is 10.0. The predicted molar refractivity (Wildman–Crippen MR) is 78.5 cm³/mol. The van der Waals surface area contributed by atoms with E-state index in [1.54, 1.807) is 0 Å². The molecule has 3 atom stereocenters. The number of aliphatic carboxylic acids is 1. The maximum Gasteiger partial charge on any atom is 0.307 e. The van der Waals surface area contributed by atoms with E-state index in [4.69, 9.17) is 0 Å². The maximum atomic E-state index is 12.8. The molecular weight excluding hydrogens is 266 g/mol. The first-order valence-electron chi connectivity index (χ1n) is 7.53. The zero-order valence-corrected chi connectivity index (χ0v) is 12.5. The minimum Gasteiger partial charge on any atom is -0.481 e. The molecule has 1 aliphatic heterocycles. The van der Waals surface area contributed by atoms with Crippen molar-refractivity contribution in [3.63, 3.8) is 0 Å². The molecule has 2 fully saturated rings. The van der Waals surface area contributed by atoms with Gasteiger partial charge < -0.3 is 10.0 Å². The van der Waals surface area contributed by atoms with E-state index in [1.807, 2.05) is 49.1 Å². The number of nitrogens with zero attached hydrogens (tertiary/aromatic N) is 1. The first-order chi connectivity index (χ1) is 9.94. The van der Waals surface area contributed by atoms with Crippen molar-refractivity contribution in [1.29, 1.82) is 0 Å². The van der Waals surface area contributed by atoms with E-state index in [-0.39, 0.29) is 17.9 Å². The number of carboxylic acids is 1. The lowest BCUT2D eigenvalue weighted by molar-refractivity contribution is -0.142. The van der Waals surface area contributed by atoms with Crippen LogP contribution >= 0.6 is 0 Å². The summed E-state index contributed by atoms with van der Waals surface area (Å²) in [6, 6.07) is 10.1. The Morgan fingerprint density at radius 3 is 2.43 bits per heavy atom. The number of amides is 1.